The van der Waals surface area contributed by atoms with Gasteiger partial charge < -0.3 is 10.6 Å². The van der Waals surface area contributed by atoms with E-state index in [1.807, 2.05) is 26.0 Å². The fourth-order valence-corrected chi connectivity index (χ4v) is 3.29. The molecule has 0 atom stereocenters. The second-order valence-electron chi connectivity index (χ2n) is 7.46. The highest BCUT2D eigenvalue weighted by Gasteiger charge is 2.21. The number of pyridine rings is 1. The molecule has 2 heterocycles. The monoisotopic (exact) mass is 368 g/mol. The third-order valence-electron chi connectivity index (χ3n) is 4.75. The van der Waals surface area contributed by atoms with Gasteiger partial charge in [0, 0.05) is 19.3 Å². The lowest BCUT2D eigenvalue weighted by molar-refractivity contribution is 0.0942. The molecule has 0 saturated heterocycles. The standard InChI is InChI=1S/C21H28N4O2/c1-15(2)14-23-20(26)18-17-10-6-7-13-25(17)19(24-18)21(27)22-12-11-16-8-4-3-5-9-16/h6-8,10,13,15H,3-5,9,11-12,14H2,1-2H3,(H,22,27)(H,23,26). The smallest absolute Gasteiger partial charge is 0.287 e. The van der Waals surface area contributed by atoms with Crippen LogP contribution in [0, 0.1) is 5.92 Å². The van der Waals surface area contributed by atoms with E-state index in [1.54, 1.807) is 16.7 Å². The topological polar surface area (TPSA) is 75.5 Å². The molecule has 0 bridgehead atoms. The predicted molar refractivity (Wildman–Crippen MR) is 106 cm³/mol. The number of nitrogens with one attached hydrogen (secondary N) is 2. The van der Waals surface area contributed by atoms with Gasteiger partial charge in [0.05, 0.1) is 5.52 Å². The Kier molecular flexibility index (Phi) is 6.27. The molecule has 1 aliphatic rings. The lowest BCUT2D eigenvalue weighted by Crippen LogP contribution is -2.28. The molecule has 6 heteroatoms. The minimum atomic E-state index is -0.254. The number of hydrogen-bond donors (Lipinski definition) is 2. The Morgan fingerprint density at radius 3 is 2.78 bits per heavy atom. The van der Waals surface area contributed by atoms with Crippen molar-refractivity contribution in [3.05, 3.63) is 47.6 Å². The number of aromatic nitrogens is 2. The molecule has 0 aromatic carbocycles. The third kappa shape index (κ3) is 4.76. The van der Waals surface area contributed by atoms with Crippen LogP contribution < -0.4 is 10.6 Å². The van der Waals surface area contributed by atoms with E-state index in [0.29, 0.717) is 24.5 Å². The Labute approximate surface area is 160 Å². The highest BCUT2D eigenvalue weighted by atomic mass is 16.2. The van der Waals surface area contributed by atoms with Crippen LogP contribution in [0.1, 0.15) is 67.1 Å². The zero-order valence-electron chi connectivity index (χ0n) is 16.1. The number of nitrogens with zero attached hydrogens (tertiary/aromatic N) is 2. The molecule has 3 rings (SSSR count). The van der Waals surface area contributed by atoms with Gasteiger partial charge in [0.15, 0.2) is 5.69 Å². The summed E-state index contributed by atoms with van der Waals surface area (Å²) in [5.41, 5.74) is 2.35. The zero-order valence-corrected chi connectivity index (χ0v) is 16.1. The number of amides is 2. The molecular weight excluding hydrogens is 340 g/mol. The average Bonchev–Trinajstić information content (AvgIpc) is 3.07. The van der Waals surface area contributed by atoms with Crippen molar-refractivity contribution in [2.75, 3.05) is 13.1 Å². The molecule has 0 unspecified atom stereocenters. The van der Waals surface area contributed by atoms with Crippen molar-refractivity contribution in [2.24, 2.45) is 5.92 Å². The molecule has 0 radical (unpaired) electrons. The van der Waals surface area contributed by atoms with Gasteiger partial charge in [-0.05, 0) is 50.2 Å². The van der Waals surface area contributed by atoms with Crippen LogP contribution in [0.4, 0.5) is 0 Å². The first-order valence-corrected chi connectivity index (χ1v) is 9.77. The van der Waals surface area contributed by atoms with Crippen LogP contribution in [0.15, 0.2) is 36.0 Å². The Morgan fingerprint density at radius 2 is 2.04 bits per heavy atom. The molecule has 2 aromatic heterocycles. The molecule has 0 saturated carbocycles. The second kappa shape index (κ2) is 8.84. The molecule has 6 nitrogen and oxygen atoms in total. The predicted octanol–water partition coefficient (Wildman–Crippen LogP) is 3.34. The highest BCUT2D eigenvalue weighted by Crippen LogP contribution is 2.19. The number of rotatable bonds is 7. The molecule has 2 aromatic rings. The van der Waals surface area contributed by atoms with E-state index in [0.717, 1.165) is 19.3 Å². The van der Waals surface area contributed by atoms with E-state index in [1.165, 1.54) is 18.4 Å². The summed E-state index contributed by atoms with van der Waals surface area (Å²) in [5.74, 6) is 0.0898. The van der Waals surface area contributed by atoms with Gasteiger partial charge in [0.2, 0.25) is 5.82 Å². The summed E-state index contributed by atoms with van der Waals surface area (Å²) in [7, 11) is 0. The van der Waals surface area contributed by atoms with Crippen molar-refractivity contribution >= 4 is 17.3 Å². The molecule has 2 amide bonds. The van der Waals surface area contributed by atoms with Crippen molar-refractivity contribution in [1.82, 2.24) is 20.0 Å². The summed E-state index contributed by atoms with van der Waals surface area (Å²) in [6, 6.07) is 5.47. The van der Waals surface area contributed by atoms with Gasteiger partial charge in [-0.25, -0.2) is 4.98 Å². The van der Waals surface area contributed by atoms with E-state index in [2.05, 4.69) is 21.7 Å². The van der Waals surface area contributed by atoms with Crippen LogP contribution in [0.2, 0.25) is 0 Å². The second-order valence-corrected chi connectivity index (χ2v) is 7.46. The largest absolute Gasteiger partial charge is 0.350 e. The van der Waals surface area contributed by atoms with Crippen molar-refractivity contribution in [1.29, 1.82) is 0 Å². The lowest BCUT2D eigenvalue weighted by atomic mass is 9.97. The van der Waals surface area contributed by atoms with Gasteiger partial charge in [-0.15, -0.1) is 0 Å². The summed E-state index contributed by atoms with van der Waals surface area (Å²) in [5, 5.41) is 5.82. The Bertz CT molecular complexity index is 851. The number of fused-ring (bicyclic) bond motifs is 1. The van der Waals surface area contributed by atoms with Crippen molar-refractivity contribution in [3.63, 3.8) is 0 Å². The van der Waals surface area contributed by atoms with Crippen LogP contribution in [-0.4, -0.2) is 34.3 Å². The number of hydrogen-bond acceptors (Lipinski definition) is 3. The fourth-order valence-electron chi connectivity index (χ4n) is 3.29. The van der Waals surface area contributed by atoms with Gasteiger partial charge in [-0.1, -0.05) is 31.6 Å². The Morgan fingerprint density at radius 1 is 1.19 bits per heavy atom. The summed E-state index contributed by atoms with van der Waals surface area (Å²) < 4.78 is 1.68. The summed E-state index contributed by atoms with van der Waals surface area (Å²) in [4.78, 5) is 29.5. The maximum atomic E-state index is 12.7. The van der Waals surface area contributed by atoms with Crippen LogP contribution in [0.5, 0.6) is 0 Å². The van der Waals surface area contributed by atoms with Crippen molar-refractivity contribution in [3.8, 4) is 0 Å². The maximum absolute atomic E-state index is 12.7. The minimum Gasteiger partial charge on any atom is -0.350 e. The first-order chi connectivity index (χ1) is 13.1. The van der Waals surface area contributed by atoms with Crippen molar-refractivity contribution < 1.29 is 9.59 Å². The molecule has 2 N–H and O–H groups in total. The normalized spacial score (nSPS) is 14.3. The van der Waals surface area contributed by atoms with E-state index in [4.69, 9.17) is 0 Å². The number of imidazole rings is 1. The first kappa shape index (κ1) is 19.1. The molecule has 0 fully saturated rings. The Balaban J connectivity index is 1.72. The van der Waals surface area contributed by atoms with Crippen molar-refractivity contribution in [2.45, 2.75) is 46.0 Å². The van der Waals surface area contributed by atoms with Gasteiger partial charge in [0.1, 0.15) is 0 Å². The van der Waals surface area contributed by atoms with E-state index in [9.17, 15) is 9.59 Å². The van der Waals surface area contributed by atoms with Crippen LogP contribution in [0.3, 0.4) is 0 Å². The minimum absolute atomic E-state index is 0.248. The maximum Gasteiger partial charge on any atom is 0.287 e. The average molecular weight is 368 g/mol. The van der Waals surface area contributed by atoms with Gasteiger partial charge in [-0.3, -0.25) is 14.0 Å². The highest BCUT2D eigenvalue weighted by molar-refractivity contribution is 6.02. The molecule has 0 spiro atoms. The molecular formula is C21H28N4O2. The number of carbonyl (C=O) groups is 2. The zero-order chi connectivity index (χ0) is 19.2. The van der Waals surface area contributed by atoms with Gasteiger partial charge in [0.25, 0.3) is 11.8 Å². The SMILES string of the molecule is CC(C)CNC(=O)c1nc(C(=O)NCCC2=CCCCC2)n2ccccc12. The quantitative estimate of drug-likeness (QED) is 0.736. The molecule has 0 aliphatic heterocycles. The van der Waals surface area contributed by atoms with Gasteiger partial charge in [-0.2, -0.15) is 0 Å². The first-order valence-electron chi connectivity index (χ1n) is 9.77. The number of allylic oxidation sites excluding steroid dienone is 1. The van der Waals surface area contributed by atoms with E-state index < -0.39 is 0 Å². The number of carbonyl (C=O) groups excluding carboxylic acids is 2. The van der Waals surface area contributed by atoms with E-state index >= 15 is 0 Å². The lowest BCUT2D eigenvalue weighted by Gasteiger charge is -2.12. The van der Waals surface area contributed by atoms with Crippen LogP contribution >= 0.6 is 0 Å². The summed E-state index contributed by atoms with van der Waals surface area (Å²) in [6.45, 7) is 5.22. The summed E-state index contributed by atoms with van der Waals surface area (Å²) in [6.07, 6.45) is 9.69. The third-order valence-corrected chi connectivity index (χ3v) is 4.75. The van der Waals surface area contributed by atoms with Gasteiger partial charge >= 0.3 is 0 Å². The van der Waals surface area contributed by atoms with Crippen LogP contribution in [0.25, 0.3) is 5.52 Å². The Hall–Kier alpha value is -2.63. The summed E-state index contributed by atoms with van der Waals surface area (Å²) >= 11 is 0. The molecule has 144 valence electrons. The molecule has 1 aliphatic carbocycles. The van der Waals surface area contributed by atoms with Crippen LogP contribution in [-0.2, 0) is 0 Å². The van der Waals surface area contributed by atoms with E-state index in [-0.39, 0.29) is 23.3 Å². The molecule has 27 heavy (non-hydrogen) atoms. The fraction of sp³-hybridized carbons (Fsp3) is 0.476.